The molecule has 0 unspecified atom stereocenters. The van der Waals surface area contributed by atoms with Gasteiger partial charge in [0.25, 0.3) is 0 Å². The quantitative estimate of drug-likeness (QED) is 0.610. The second-order valence-electron chi connectivity index (χ2n) is 6.20. The molecule has 0 atom stereocenters. The number of ether oxygens (including phenoxy) is 1. The molecule has 0 saturated carbocycles. The van der Waals surface area contributed by atoms with Crippen molar-refractivity contribution in [3.05, 3.63) is 29.5 Å². The minimum Gasteiger partial charge on any atom is -0.491 e. The van der Waals surface area contributed by atoms with Gasteiger partial charge in [-0.1, -0.05) is 11.6 Å². The average Bonchev–Trinajstić information content (AvgIpc) is 3.28. The minimum absolute atomic E-state index is 0.336. The summed E-state index contributed by atoms with van der Waals surface area (Å²) < 4.78 is 5.80. The Hall–Kier alpha value is -2.58. The van der Waals surface area contributed by atoms with E-state index in [0.29, 0.717) is 40.3 Å². The number of rotatable bonds is 6. The zero-order valence-electron chi connectivity index (χ0n) is 14.2. The van der Waals surface area contributed by atoms with Gasteiger partial charge < -0.3 is 20.8 Å². The number of fused-ring (bicyclic) bond motifs is 1. The van der Waals surface area contributed by atoms with Crippen molar-refractivity contribution in [1.29, 1.82) is 0 Å². The number of halogens is 1. The molecule has 4 N–H and O–H groups in total. The van der Waals surface area contributed by atoms with Gasteiger partial charge in [-0.15, -0.1) is 0 Å². The van der Waals surface area contributed by atoms with E-state index in [9.17, 15) is 0 Å². The van der Waals surface area contributed by atoms with E-state index in [0.717, 1.165) is 25.3 Å². The Morgan fingerprint density at radius 3 is 2.92 bits per heavy atom. The fourth-order valence-electron chi connectivity index (χ4n) is 3.03. The summed E-state index contributed by atoms with van der Waals surface area (Å²) in [5.41, 5.74) is 7.78. The van der Waals surface area contributed by atoms with Crippen LogP contribution in [0.4, 0.5) is 17.5 Å². The van der Waals surface area contributed by atoms with Crippen LogP contribution in [0, 0.1) is 0 Å². The number of hydrogen-bond donors (Lipinski definition) is 3. The van der Waals surface area contributed by atoms with E-state index in [4.69, 9.17) is 22.1 Å². The van der Waals surface area contributed by atoms with E-state index in [1.54, 1.807) is 6.07 Å². The van der Waals surface area contributed by atoms with Crippen molar-refractivity contribution in [1.82, 2.24) is 24.8 Å². The number of nitrogen functional groups attached to an aromatic ring is 1. The Kier molecular flexibility index (Phi) is 4.77. The van der Waals surface area contributed by atoms with Gasteiger partial charge in [0.05, 0.1) is 11.3 Å². The molecule has 1 aliphatic heterocycles. The molecule has 0 aliphatic carbocycles. The van der Waals surface area contributed by atoms with E-state index in [2.05, 4.69) is 30.2 Å². The molecule has 3 heterocycles. The standard InChI is InChI=1S/C17H20ClN7O/c18-12-9-11(3-4-13(12)26-8-7-25-5-1-2-6-25)22-17-23-15(19)14-16(24-17)21-10-20-14/h3-4,9-10H,1-2,5-8H2,(H4,19,20,21,22,23,24). The van der Waals surface area contributed by atoms with Crippen LogP contribution in [0.5, 0.6) is 5.75 Å². The number of likely N-dealkylation sites (tertiary alicyclic amines) is 1. The number of nitrogens with one attached hydrogen (secondary N) is 2. The van der Waals surface area contributed by atoms with Gasteiger partial charge in [-0.05, 0) is 44.1 Å². The van der Waals surface area contributed by atoms with Gasteiger partial charge in [0.1, 0.15) is 17.9 Å². The molecular formula is C17H20ClN7O. The SMILES string of the molecule is Nc1nc(Nc2ccc(OCCN3CCCC3)c(Cl)c2)nc2nc[nH]c12. The van der Waals surface area contributed by atoms with Crippen molar-refractivity contribution < 1.29 is 4.74 Å². The molecule has 0 bridgehead atoms. The van der Waals surface area contributed by atoms with E-state index < -0.39 is 0 Å². The Balaban J connectivity index is 1.41. The number of aromatic nitrogens is 4. The van der Waals surface area contributed by atoms with E-state index in [1.807, 2.05) is 12.1 Å². The van der Waals surface area contributed by atoms with Crippen molar-refractivity contribution in [3.63, 3.8) is 0 Å². The van der Waals surface area contributed by atoms with Crippen LogP contribution in [0.2, 0.25) is 5.02 Å². The van der Waals surface area contributed by atoms with Crippen LogP contribution < -0.4 is 15.8 Å². The number of imidazole rings is 1. The number of anilines is 3. The molecule has 3 aromatic rings. The van der Waals surface area contributed by atoms with Crippen LogP contribution in [0.1, 0.15) is 12.8 Å². The number of H-pyrrole nitrogens is 1. The highest BCUT2D eigenvalue weighted by molar-refractivity contribution is 6.32. The van der Waals surface area contributed by atoms with Crippen LogP contribution in [0.15, 0.2) is 24.5 Å². The van der Waals surface area contributed by atoms with Gasteiger partial charge in [-0.25, -0.2) is 4.98 Å². The third-order valence-corrected chi connectivity index (χ3v) is 4.66. The third kappa shape index (κ3) is 3.66. The lowest BCUT2D eigenvalue weighted by Gasteiger charge is -2.15. The van der Waals surface area contributed by atoms with Crippen molar-refractivity contribution in [2.45, 2.75) is 12.8 Å². The molecule has 0 radical (unpaired) electrons. The Bertz CT molecular complexity index is 907. The summed E-state index contributed by atoms with van der Waals surface area (Å²) in [7, 11) is 0. The molecule has 1 aliphatic rings. The molecule has 0 amide bonds. The predicted octanol–water partition coefficient (Wildman–Crippen LogP) is 2.81. The number of nitrogens with two attached hydrogens (primary N) is 1. The minimum atomic E-state index is 0.336. The first kappa shape index (κ1) is 16.9. The summed E-state index contributed by atoms with van der Waals surface area (Å²) in [6.07, 6.45) is 4.08. The van der Waals surface area contributed by atoms with Gasteiger partial charge in [-0.2, -0.15) is 9.97 Å². The molecule has 26 heavy (non-hydrogen) atoms. The monoisotopic (exact) mass is 373 g/mol. The Morgan fingerprint density at radius 1 is 1.27 bits per heavy atom. The van der Waals surface area contributed by atoms with Crippen LogP contribution >= 0.6 is 11.6 Å². The lowest BCUT2D eigenvalue weighted by atomic mass is 10.3. The summed E-state index contributed by atoms with van der Waals surface area (Å²) in [5, 5.41) is 3.62. The van der Waals surface area contributed by atoms with E-state index in [-0.39, 0.29) is 0 Å². The van der Waals surface area contributed by atoms with Crippen LogP contribution in [-0.2, 0) is 0 Å². The lowest BCUT2D eigenvalue weighted by Crippen LogP contribution is -2.25. The average molecular weight is 374 g/mol. The molecule has 1 saturated heterocycles. The number of aromatic amines is 1. The second-order valence-corrected chi connectivity index (χ2v) is 6.61. The molecule has 2 aromatic heterocycles. The van der Waals surface area contributed by atoms with Gasteiger partial charge >= 0.3 is 0 Å². The number of hydrogen-bond acceptors (Lipinski definition) is 7. The Labute approximate surface area is 155 Å². The topological polar surface area (TPSA) is 105 Å². The zero-order valence-corrected chi connectivity index (χ0v) is 15.0. The van der Waals surface area contributed by atoms with Crippen molar-refractivity contribution in [2.24, 2.45) is 0 Å². The van der Waals surface area contributed by atoms with Gasteiger partial charge in [0, 0.05) is 12.2 Å². The molecule has 9 heteroatoms. The largest absolute Gasteiger partial charge is 0.491 e. The van der Waals surface area contributed by atoms with Gasteiger partial charge in [0.15, 0.2) is 11.5 Å². The fraction of sp³-hybridized carbons (Fsp3) is 0.353. The zero-order chi connectivity index (χ0) is 17.9. The highest BCUT2D eigenvalue weighted by Crippen LogP contribution is 2.29. The first-order valence-electron chi connectivity index (χ1n) is 8.57. The Morgan fingerprint density at radius 2 is 2.12 bits per heavy atom. The van der Waals surface area contributed by atoms with E-state index >= 15 is 0 Å². The molecule has 0 spiro atoms. The van der Waals surface area contributed by atoms with Gasteiger partial charge in [-0.3, -0.25) is 4.90 Å². The van der Waals surface area contributed by atoms with Crippen molar-refractivity contribution in [2.75, 3.05) is 37.3 Å². The predicted molar refractivity (Wildman–Crippen MR) is 102 cm³/mol. The summed E-state index contributed by atoms with van der Waals surface area (Å²) in [6, 6.07) is 5.48. The number of benzene rings is 1. The molecule has 1 aromatic carbocycles. The normalized spacial score (nSPS) is 14.8. The molecule has 136 valence electrons. The first-order valence-corrected chi connectivity index (χ1v) is 8.95. The highest BCUT2D eigenvalue weighted by atomic mass is 35.5. The lowest BCUT2D eigenvalue weighted by molar-refractivity contribution is 0.238. The smallest absolute Gasteiger partial charge is 0.231 e. The number of nitrogens with zero attached hydrogens (tertiary/aromatic N) is 4. The summed E-state index contributed by atoms with van der Waals surface area (Å²) in [4.78, 5) is 17.9. The molecule has 8 nitrogen and oxygen atoms in total. The second kappa shape index (κ2) is 7.35. The van der Waals surface area contributed by atoms with Crippen LogP contribution in [0.25, 0.3) is 11.2 Å². The maximum absolute atomic E-state index is 6.34. The van der Waals surface area contributed by atoms with Crippen molar-refractivity contribution >= 4 is 40.2 Å². The summed E-state index contributed by atoms with van der Waals surface area (Å²) in [5.74, 6) is 1.36. The van der Waals surface area contributed by atoms with Gasteiger partial charge in [0.2, 0.25) is 5.95 Å². The van der Waals surface area contributed by atoms with Crippen molar-refractivity contribution in [3.8, 4) is 5.75 Å². The van der Waals surface area contributed by atoms with Crippen LogP contribution in [0.3, 0.4) is 0 Å². The molecule has 4 rings (SSSR count). The first-order chi connectivity index (χ1) is 12.7. The molecular weight excluding hydrogens is 354 g/mol. The summed E-state index contributed by atoms with van der Waals surface area (Å²) in [6.45, 7) is 3.86. The van der Waals surface area contributed by atoms with E-state index in [1.165, 1.54) is 19.2 Å². The third-order valence-electron chi connectivity index (χ3n) is 4.37. The fourth-order valence-corrected chi connectivity index (χ4v) is 3.26. The summed E-state index contributed by atoms with van der Waals surface area (Å²) >= 11 is 6.34. The van der Waals surface area contributed by atoms with Crippen LogP contribution in [-0.4, -0.2) is 51.1 Å². The maximum Gasteiger partial charge on any atom is 0.231 e. The highest BCUT2D eigenvalue weighted by Gasteiger charge is 2.12. The maximum atomic E-state index is 6.34. The molecule has 1 fully saturated rings.